The first-order chi connectivity index (χ1) is 14.9. The molecule has 1 fully saturated rings. The molecule has 4 N–H and O–H groups in total. The molecule has 32 heavy (non-hydrogen) atoms. The van der Waals surface area contributed by atoms with Crippen LogP contribution in [0.3, 0.4) is 0 Å². The van der Waals surface area contributed by atoms with Crippen LogP contribution in [0.2, 0.25) is 0 Å². The largest absolute Gasteiger partial charge is 0.481 e. The number of primary amides is 1. The second-order valence-corrected chi connectivity index (χ2v) is 9.43. The molecule has 182 valence electrons. The van der Waals surface area contributed by atoms with Crippen molar-refractivity contribution in [2.75, 3.05) is 13.6 Å². The number of ketones is 2. The summed E-state index contributed by atoms with van der Waals surface area (Å²) >= 11 is 0. The summed E-state index contributed by atoms with van der Waals surface area (Å²) in [6.45, 7) is 8.06. The molecule has 0 aromatic rings. The summed E-state index contributed by atoms with van der Waals surface area (Å²) in [6.07, 6.45) is 0.825. The fraction of sp³-hybridized carbons (Fsp3) is 0.783. The number of nitrogens with two attached hydrogens (primary N) is 1. The third kappa shape index (κ3) is 7.69. The van der Waals surface area contributed by atoms with Gasteiger partial charge < -0.3 is 21.1 Å². The van der Waals surface area contributed by atoms with Gasteiger partial charge in [0.15, 0.2) is 11.6 Å². The molecule has 0 spiro atoms. The minimum absolute atomic E-state index is 0.0131. The van der Waals surface area contributed by atoms with Gasteiger partial charge in [0.2, 0.25) is 11.8 Å². The average molecular weight is 454 g/mol. The Kier molecular flexibility index (Phi) is 11.0. The van der Waals surface area contributed by atoms with Crippen LogP contribution in [-0.2, 0) is 24.0 Å². The van der Waals surface area contributed by atoms with E-state index in [0.29, 0.717) is 19.4 Å². The molecule has 1 heterocycles. The number of carbonyl (C=O) groups is 5. The molecule has 2 unspecified atom stereocenters. The van der Waals surface area contributed by atoms with Gasteiger partial charge in [-0.1, -0.05) is 27.7 Å². The molecule has 0 aromatic heterocycles. The number of aliphatic carboxylic acids is 1. The van der Waals surface area contributed by atoms with Gasteiger partial charge in [-0.15, -0.1) is 0 Å². The van der Waals surface area contributed by atoms with Gasteiger partial charge in [-0.3, -0.25) is 24.0 Å². The van der Waals surface area contributed by atoms with Gasteiger partial charge in [0.25, 0.3) is 0 Å². The van der Waals surface area contributed by atoms with Crippen LogP contribution in [0.1, 0.15) is 66.2 Å². The summed E-state index contributed by atoms with van der Waals surface area (Å²) in [4.78, 5) is 63.2. The predicted octanol–water partition coefficient (Wildman–Crippen LogP) is 1.38. The van der Waals surface area contributed by atoms with Gasteiger partial charge in [-0.05, 0) is 38.1 Å². The van der Waals surface area contributed by atoms with Gasteiger partial charge in [0.1, 0.15) is 0 Å². The molecular formula is C23H39N3O6. The van der Waals surface area contributed by atoms with Gasteiger partial charge in [0, 0.05) is 31.7 Å². The van der Waals surface area contributed by atoms with Crippen molar-refractivity contribution >= 4 is 29.4 Å². The van der Waals surface area contributed by atoms with Crippen molar-refractivity contribution in [3.05, 3.63) is 0 Å². The highest BCUT2D eigenvalue weighted by atomic mass is 16.4. The zero-order chi connectivity index (χ0) is 24.6. The number of hydrogen-bond acceptors (Lipinski definition) is 6. The van der Waals surface area contributed by atoms with E-state index < -0.39 is 29.8 Å². The highest BCUT2D eigenvalue weighted by molar-refractivity contribution is 5.94. The molecule has 0 saturated carbocycles. The van der Waals surface area contributed by atoms with Crippen molar-refractivity contribution in [2.45, 2.75) is 78.3 Å². The number of carbonyl (C=O) groups excluding carboxylic acids is 4. The normalized spacial score (nSPS) is 19.1. The summed E-state index contributed by atoms with van der Waals surface area (Å²) < 4.78 is 0. The number of carboxylic acids is 1. The van der Waals surface area contributed by atoms with Gasteiger partial charge >= 0.3 is 5.97 Å². The van der Waals surface area contributed by atoms with Gasteiger partial charge in [-0.25, -0.2) is 0 Å². The number of Topliss-reactive ketones (excluding diaryl/α,β-unsaturated/α-hetero) is 2. The monoisotopic (exact) mass is 453 g/mol. The number of hydrogen-bond donors (Lipinski definition) is 3. The van der Waals surface area contributed by atoms with E-state index in [1.54, 1.807) is 7.05 Å². The quantitative estimate of drug-likeness (QED) is 0.360. The van der Waals surface area contributed by atoms with E-state index in [2.05, 4.69) is 5.32 Å². The maximum absolute atomic E-state index is 13.4. The van der Waals surface area contributed by atoms with Crippen molar-refractivity contribution < 1.29 is 29.1 Å². The zero-order valence-corrected chi connectivity index (χ0v) is 19.9. The van der Waals surface area contributed by atoms with Crippen LogP contribution in [0.4, 0.5) is 0 Å². The van der Waals surface area contributed by atoms with E-state index in [-0.39, 0.29) is 61.0 Å². The molecular weight excluding hydrogens is 414 g/mol. The summed E-state index contributed by atoms with van der Waals surface area (Å²) in [6, 6.07) is -1.04. The Morgan fingerprint density at radius 1 is 1.06 bits per heavy atom. The Bertz CT molecular complexity index is 706. The number of nitrogens with one attached hydrogen (secondary N) is 1. The lowest BCUT2D eigenvalue weighted by Gasteiger charge is -2.31. The lowest BCUT2D eigenvalue weighted by Crippen LogP contribution is -2.47. The van der Waals surface area contributed by atoms with Crippen molar-refractivity contribution in [2.24, 2.45) is 29.4 Å². The number of rotatable bonds is 14. The Hall–Kier alpha value is -2.29. The minimum atomic E-state index is -1.16. The summed E-state index contributed by atoms with van der Waals surface area (Å²) in [7, 11) is 1.72. The lowest BCUT2D eigenvalue weighted by molar-refractivity contribution is -0.147. The number of carboxylic acid groups (broad SMARTS) is 1. The Morgan fingerprint density at radius 2 is 1.69 bits per heavy atom. The van der Waals surface area contributed by atoms with Crippen LogP contribution in [0.5, 0.6) is 0 Å². The first-order valence-corrected chi connectivity index (χ1v) is 11.4. The van der Waals surface area contributed by atoms with Crippen LogP contribution in [-0.4, -0.2) is 65.0 Å². The molecule has 1 saturated heterocycles. The fourth-order valence-corrected chi connectivity index (χ4v) is 4.40. The Morgan fingerprint density at radius 3 is 2.16 bits per heavy atom. The molecule has 4 atom stereocenters. The summed E-state index contributed by atoms with van der Waals surface area (Å²) in [5.74, 6) is -3.93. The van der Waals surface area contributed by atoms with E-state index in [1.807, 2.05) is 27.7 Å². The van der Waals surface area contributed by atoms with Crippen molar-refractivity contribution in [3.8, 4) is 0 Å². The molecule has 9 heteroatoms. The molecule has 0 bridgehead atoms. The minimum Gasteiger partial charge on any atom is -0.481 e. The predicted molar refractivity (Wildman–Crippen MR) is 120 cm³/mol. The topological polar surface area (TPSA) is 147 Å². The maximum Gasteiger partial charge on any atom is 0.306 e. The molecule has 0 aromatic carbocycles. The van der Waals surface area contributed by atoms with Crippen molar-refractivity contribution in [3.63, 3.8) is 0 Å². The second-order valence-electron chi connectivity index (χ2n) is 9.43. The molecule has 1 rings (SSSR count). The summed E-state index contributed by atoms with van der Waals surface area (Å²) in [5, 5.41) is 12.4. The van der Waals surface area contributed by atoms with Crippen molar-refractivity contribution in [1.29, 1.82) is 0 Å². The molecule has 1 aliphatic rings. The van der Waals surface area contributed by atoms with E-state index >= 15 is 0 Å². The highest BCUT2D eigenvalue weighted by Crippen LogP contribution is 2.28. The zero-order valence-electron chi connectivity index (χ0n) is 19.9. The van der Waals surface area contributed by atoms with Crippen LogP contribution in [0, 0.1) is 23.7 Å². The molecule has 0 radical (unpaired) electrons. The van der Waals surface area contributed by atoms with Crippen LogP contribution in [0.25, 0.3) is 0 Å². The van der Waals surface area contributed by atoms with Crippen LogP contribution in [0.15, 0.2) is 0 Å². The standard InChI is InChI=1S/C23H39N3O6/c1-13(2)16(12-19(28)21(25-5)14(3)4)22(30)26-10-6-7-17(26)18(27)11-15(23(31)32)8-9-20(24)29/h13-17,21,25H,6-12H2,1-5H3,(H2,24,29)(H,31,32)/t15?,16-,17?,21-/m0/s1. The average Bonchev–Trinajstić information content (AvgIpc) is 3.18. The van der Waals surface area contributed by atoms with E-state index in [0.717, 1.165) is 0 Å². The van der Waals surface area contributed by atoms with E-state index in [4.69, 9.17) is 5.73 Å². The Labute approximate surface area is 190 Å². The number of amides is 2. The smallest absolute Gasteiger partial charge is 0.306 e. The second kappa shape index (κ2) is 12.7. The first-order valence-electron chi connectivity index (χ1n) is 11.4. The molecule has 1 aliphatic heterocycles. The molecule has 2 amide bonds. The van der Waals surface area contributed by atoms with Crippen LogP contribution < -0.4 is 11.1 Å². The van der Waals surface area contributed by atoms with Crippen molar-refractivity contribution in [1.82, 2.24) is 10.2 Å². The van der Waals surface area contributed by atoms with Crippen LogP contribution >= 0.6 is 0 Å². The van der Waals surface area contributed by atoms with E-state index in [1.165, 1.54) is 4.90 Å². The molecule has 9 nitrogen and oxygen atoms in total. The number of nitrogens with zero attached hydrogens (tertiary/aromatic N) is 1. The third-order valence-corrected chi connectivity index (χ3v) is 6.31. The Balaban J connectivity index is 2.94. The maximum atomic E-state index is 13.4. The third-order valence-electron chi connectivity index (χ3n) is 6.31. The molecule has 0 aliphatic carbocycles. The highest BCUT2D eigenvalue weighted by Gasteiger charge is 2.40. The van der Waals surface area contributed by atoms with Gasteiger partial charge in [-0.2, -0.15) is 0 Å². The van der Waals surface area contributed by atoms with Gasteiger partial charge in [0.05, 0.1) is 18.0 Å². The lowest BCUT2D eigenvalue weighted by atomic mass is 9.85. The summed E-state index contributed by atoms with van der Waals surface area (Å²) in [5.41, 5.74) is 5.11. The first kappa shape index (κ1) is 27.7. The van der Waals surface area contributed by atoms with E-state index in [9.17, 15) is 29.1 Å². The SMILES string of the molecule is CN[C@H](C(=O)C[C@H](C(=O)N1CCCC1C(=O)CC(CCC(N)=O)C(=O)O)C(C)C)C(C)C. The fourth-order valence-electron chi connectivity index (χ4n) is 4.40. The number of likely N-dealkylation sites (N-methyl/N-ethyl adjacent to an activating group) is 1. The number of likely N-dealkylation sites (tertiary alicyclic amines) is 1.